The van der Waals surface area contributed by atoms with E-state index < -0.39 is 0 Å². The molecule has 1 aliphatic heterocycles. The lowest BCUT2D eigenvalue weighted by Crippen LogP contribution is -2.28. The van der Waals surface area contributed by atoms with Crippen LogP contribution < -0.4 is 9.47 Å². The molecule has 1 aliphatic rings. The van der Waals surface area contributed by atoms with Gasteiger partial charge in [0.15, 0.2) is 0 Å². The summed E-state index contributed by atoms with van der Waals surface area (Å²) in [5.41, 5.74) is 0.876. The van der Waals surface area contributed by atoms with Crippen molar-refractivity contribution in [3.05, 3.63) is 46.6 Å². The van der Waals surface area contributed by atoms with E-state index in [9.17, 15) is 0 Å². The van der Waals surface area contributed by atoms with Crippen LogP contribution in [0.25, 0.3) is 0 Å². The van der Waals surface area contributed by atoms with Crippen molar-refractivity contribution in [1.82, 2.24) is 4.90 Å². The minimum atomic E-state index is -0.175. The molecule has 1 aromatic carbocycles. The number of nitrogens with zero attached hydrogens (tertiary/aromatic N) is 1. The van der Waals surface area contributed by atoms with Crippen LogP contribution in [0.5, 0.6) is 11.5 Å². The first-order chi connectivity index (χ1) is 9.15. The summed E-state index contributed by atoms with van der Waals surface area (Å²) >= 11 is 9.80. The topological polar surface area (TPSA) is 21.7 Å². The number of halogens is 2. The number of rotatable bonds is 4. The number of ether oxygens (including phenoxy) is 2. The summed E-state index contributed by atoms with van der Waals surface area (Å²) in [4.78, 5) is 2.03. The van der Waals surface area contributed by atoms with Gasteiger partial charge < -0.3 is 14.4 Å². The van der Waals surface area contributed by atoms with Gasteiger partial charge in [-0.15, -0.1) is 0 Å². The standard InChI is InChI=1S/C14H15BrClNO2/c1-18-11-7-6-10(12(8-11)19-2)9-17-13(15)4-3-5-14(17)16/h3-8,14H,9H2,1-2H3. The Bertz CT molecular complexity index is 516. The van der Waals surface area contributed by atoms with Crippen molar-refractivity contribution in [3.8, 4) is 11.5 Å². The summed E-state index contributed by atoms with van der Waals surface area (Å²) < 4.78 is 11.5. The molecule has 0 N–H and O–H groups in total. The first-order valence-electron chi connectivity index (χ1n) is 5.81. The second-order valence-corrected chi connectivity index (χ2v) is 5.31. The average molecular weight is 345 g/mol. The zero-order valence-electron chi connectivity index (χ0n) is 10.8. The van der Waals surface area contributed by atoms with Gasteiger partial charge in [0, 0.05) is 18.2 Å². The normalized spacial score (nSPS) is 18.2. The number of hydrogen-bond donors (Lipinski definition) is 0. The highest BCUT2D eigenvalue weighted by Gasteiger charge is 2.19. The van der Waals surface area contributed by atoms with Crippen LogP contribution in [0.15, 0.2) is 41.0 Å². The van der Waals surface area contributed by atoms with Crippen LogP contribution in [0.4, 0.5) is 0 Å². The van der Waals surface area contributed by atoms with Crippen molar-refractivity contribution >= 4 is 27.5 Å². The minimum Gasteiger partial charge on any atom is -0.497 e. The fourth-order valence-corrected chi connectivity index (χ4v) is 2.75. The Balaban J connectivity index is 2.23. The summed E-state index contributed by atoms with van der Waals surface area (Å²) in [5.74, 6) is 1.56. The van der Waals surface area contributed by atoms with Gasteiger partial charge in [-0.2, -0.15) is 0 Å². The van der Waals surface area contributed by atoms with Crippen LogP contribution in [-0.2, 0) is 6.54 Å². The van der Waals surface area contributed by atoms with Crippen LogP contribution in [-0.4, -0.2) is 24.6 Å². The molecule has 0 fully saturated rings. The highest BCUT2D eigenvalue weighted by molar-refractivity contribution is 9.11. The Morgan fingerprint density at radius 1 is 1.32 bits per heavy atom. The Morgan fingerprint density at radius 3 is 2.74 bits per heavy atom. The number of benzene rings is 1. The lowest BCUT2D eigenvalue weighted by Gasteiger charge is -2.30. The Morgan fingerprint density at radius 2 is 2.11 bits per heavy atom. The molecule has 0 radical (unpaired) electrons. The van der Waals surface area contributed by atoms with Gasteiger partial charge in [0.1, 0.15) is 17.0 Å². The molecule has 1 atom stereocenters. The molecule has 3 nitrogen and oxygen atoms in total. The van der Waals surface area contributed by atoms with E-state index >= 15 is 0 Å². The maximum atomic E-state index is 6.28. The third-order valence-corrected chi connectivity index (χ3v) is 4.01. The summed E-state index contributed by atoms with van der Waals surface area (Å²) in [7, 11) is 3.29. The summed E-state index contributed by atoms with van der Waals surface area (Å²) in [6, 6.07) is 5.77. The van der Waals surface area contributed by atoms with E-state index in [1.165, 1.54) is 0 Å². The smallest absolute Gasteiger partial charge is 0.127 e. The molecule has 1 unspecified atom stereocenters. The summed E-state index contributed by atoms with van der Waals surface area (Å²) in [5, 5.41) is 0. The Kier molecular flexibility index (Phi) is 4.77. The zero-order chi connectivity index (χ0) is 13.8. The monoisotopic (exact) mass is 343 g/mol. The van der Waals surface area contributed by atoms with Gasteiger partial charge >= 0.3 is 0 Å². The van der Waals surface area contributed by atoms with Crippen LogP contribution >= 0.6 is 27.5 Å². The quantitative estimate of drug-likeness (QED) is 0.611. The lowest BCUT2D eigenvalue weighted by molar-refractivity contribution is 0.347. The van der Waals surface area contributed by atoms with Gasteiger partial charge in [-0.3, -0.25) is 0 Å². The molecule has 0 amide bonds. The van der Waals surface area contributed by atoms with Crippen molar-refractivity contribution in [2.24, 2.45) is 0 Å². The molecule has 19 heavy (non-hydrogen) atoms. The zero-order valence-corrected chi connectivity index (χ0v) is 13.1. The van der Waals surface area contributed by atoms with Crippen molar-refractivity contribution in [2.45, 2.75) is 12.0 Å². The van der Waals surface area contributed by atoms with Crippen LogP contribution in [0.3, 0.4) is 0 Å². The van der Waals surface area contributed by atoms with Gasteiger partial charge in [0.05, 0.1) is 18.8 Å². The molecule has 2 rings (SSSR count). The summed E-state index contributed by atoms with van der Waals surface area (Å²) in [6.07, 6.45) is 5.83. The minimum absolute atomic E-state index is 0.175. The van der Waals surface area contributed by atoms with E-state index in [-0.39, 0.29) is 5.50 Å². The molecule has 1 aromatic rings. The lowest BCUT2D eigenvalue weighted by atomic mass is 10.1. The first kappa shape index (κ1) is 14.3. The third kappa shape index (κ3) is 3.25. The van der Waals surface area contributed by atoms with E-state index in [1.807, 2.05) is 41.3 Å². The highest BCUT2D eigenvalue weighted by atomic mass is 79.9. The molecule has 1 heterocycles. The fraction of sp³-hybridized carbons (Fsp3) is 0.286. The van der Waals surface area contributed by atoms with Gasteiger partial charge in [-0.05, 0) is 40.2 Å². The van der Waals surface area contributed by atoms with Gasteiger partial charge in [0.25, 0.3) is 0 Å². The molecule has 0 spiro atoms. The number of allylic oxidation sites excluding steroid dienone is 2. The predicted octanol–water partition coefficient (Wildman–Crippen LogP) is 3.88. The molecule has 102 valence electrons. The molecule has 0 bridgehead atoms. The highest BCUT2D eigenvalue weighted by Crippen LogP contribution is 2.30. The maximum absolute atomic E-state index is 6.28. The molecule has 0 aromatic heterocycles. The predicted molar refractivity (Wildman–Crippen MR) is 80.9 cm³/mol. The van der Waals surface area contributed by atoms with Crippen molar-refractivity contribution in [3.63, 3.8) is 0 Å². The van der Waals surface area contributed by atoms with Crippen molar-refractivity contribution in [2.75, 3.05) is 14.2 Å². The van der Waals surface area contributed by atoms with E-state index in [0.29, 0.717) is 6.54 Å². The average Bonchev–Trinajstić information content (AvgIpc) is 2.43. The second kappa shape index (κ2) is 6.35. The largest absolute Gasteiger partial charge is 0.497 e. The van der Waals surface area contributed by atoms with Gasteiger partial charge in [0.2, 0.25) is 0 Å². The molecule has 0 aliphatic carbocycles. The number of alkyl halides is 1. The van der Waals surface area contributed by atoms with E-state index in [2.05, 4.69) is 15.9 Å². The van der Waals surface area contributed by atoms with Gasteiger partial charge in [-0.25, -0.2) is 0 Å². The summed E-state index contributed by atoms with van der Waals surface area (Å²) in [6.45, 7) is 0.656. The van der Waals surface area contributed by atoms with Crippen molar-refractivity contribution in [1.29, 1.82) is 0 Å². The fourth-order valence-electron chi connectivity index (χ4n) is 1.87. The number of methoxy groups -OCH3 is 2. The molecular formula is C14H15BrClNO2. The van der Waals surface area contributed by atoms with Crippen LogP contribution in [0, 0.1) is 0 Å². The van der Waals surface area contributed by atoms with E-state index in [0.717, 1.165) is 21.7 Å². The van der Waals surface area contributed by atoms with E-state index in [1.54, 1.807) is 14.2 Å². The van der Waals surface area contributed by atoms with Crippen molar-refractivity contribution < 1.29 is 9.47 Å². The molecule has 0 saturated heterocycles. The number of hydrogen-bond acceptors (Lipinski definition) is 3. The Labute approximate surface area is 126 Å². The van der Waals surface area contributed by atoms with Crippen LogP contribution in [0.2, 0.25) is 0 Å². The Hall–Kier alpha value is -1.13. The second-order valence-electron chi connectivity index (χ2n) is 4.05. The first-order valence-corrected chi connectivity index (χ1v) is 7.04. The molecule has 0 saturated carbocycles. The van der Waals surface area contributed by atoms with Crippen LogP contribution in [0.1, 0.15) is 5.56 Å². The molecular weight excluding hydrogens is 330 g/mol. The molecule has 5 heteroatoms. The maximum Gasteiger partial charge on any atom is 0.127 e. The van der Waals surface area contributed by atoms with E-state index in [4.69, 9.17) is 21.1 Å². The SMILES string of the molecule is COc1ccc(CN2C(Br)=CC=CC2Cl)c(OC)c1. The van der Waals surface area contributed by atoms with Gasteiger partial charge in [-0.1, -0.05) is 17.7 Å². The third-order valence-electron chi connectivity index (χ3n) is 2.91.